The molecule has 0 spiro atoms. The molecule has 9 heteroatoms. The zero-order valence-electron chi connectivity index (χ0n) is 25.7. The normalized spacial score (nSPS) is 28.2. The number of phenols is 1. The van der Waals surface area contributed by atoms with Crippen molar-refractivity contribution in [2.45, 2.75) is 30.6 Å². The van der Waals surface area contributed by atoms with Crippen LogP contribution in [0.3, 0.4) is 0 Å². The van der Waals surface area contributed by atoms with Crippen molar-refractivity contribution < 1.29 is 38.9 Å². The number of Topliss-reactive ketones (excluding diaryl/α,β-unsaturated/α-hetero) is 1. The van der Waals surface area contributed by atoms with E-state index in [4.69, 9.17) is 4.74 Å². The Morgan fingerprint density at radius 2 is 1.64 bits per heavy atom. The second-order valence-corrected chi connectivity index (χ2v) is 12.7. The van der Waals surface area contributed by atoms with Crippen molar-refractivity contribution in [2.24, 2.45) is 23.7 Å². The Morgan fingerprint density at radius 3 is 2.32 bits per heavy atom. The lowest BCUT2D eigenvalue weighted by molar-refractivity contribution is -0.142. The number of likely N-dealkylation sites (tertiary alicyclic amines) is 1. The van der Waals surface area contributed by atoms with Crippen LogP contribution in [0.5, 0.6) is 11.5 Å². The molecule has 0 unspecified atom stereocenters. The predicted octanol–water partition coefficient (Wildman–Crippen LogP) is 4.70. The van der Waals surface area contributed by atoms with E-state index >= 15 is 0 Å². The van der Waals surface area contributed by atoms with Crippen molar-refractivity contribution in [3.8, 4) is 11.5 Å². The third kappa shape index (κ3) is 4.55. The van der Waals surface area contributed by atoms with Crippen LogP contribution in [-0.4, -0.2) is 58.1 Å². The molecule has 2 amide bonds. The third-order valence-corrected chi connectivity index (χ3v) is 10.6. The molecule has 0 bridgehead atoms. The third-order valence-electron chi connectivity index (χ3n) is 10.6. The lowest BCUT2D eigenvalue weighted by Gasteiger charge is -2.55. The van der Waals surface area contributed by atoms with E-state index in [1.54, 1.807) is 36.4 Å². The number of fused-ring (bicyclic) bond motifs is 4. The Labute approximate surface area is 271 Å². The van der Waals surface area contributed by atoms with Crippen LogP contribution in [0.15, 0.2) is 96.6 Å². The first kappa shape index (κ1) is 30.3. The van der Waals surface area contributed by atoms with Crippen LogP contribution < -0.4 is 4.74 Å². The topological polar surface area (TPSA) is 138 Å². The SMILES string of the molecule is COc1cc([C@H]2C3=CC[C@@H]4C(=O)N(CCC(=O)O)C(=O)[C@@H]4[C@@H]3C[C@H]3C(=O)C(c4ccccc4)=CC(=O)[C@@]23c2ccccc2)ccc1O. The average Bonchev–Trinajstić information content (AvgIpc) is 3.33. The minimum Gasteiger partial charge on any atom is -0.504 e. The summed E-state index contributed by atoms with van der Waals surface area (Å²) in [5.74, 6) is -6.05. The van der Waals surface area contributed by atoms with Gasteiger partial charge in [-0.25, -0.2) is 0 Å². The molecule has 0 aromatic heterocycles. The summed E-state index contributed by atoms with van der Waals surface area (Å²) >= 11 is 0. The minimum absolute atomic E-state index is 0.0884. The molecule has 9 nitrogen and oxygen atoms in total. The van der Waals surface area contributed by atoms with Gasteiger partial charge < -0.3 is 14.9 Å². The highest BCUT2D eigenvalue weighted by atomic mass is 16.5. The van der Waals surface area contributed by atoms with Crippen LogP contribution in [0, 0.1) is 23.7 Å². The maximum absolute atomic E-state index is 15.0. The van der Waals surface area contributed by atoms with Gasteiger partial charge in [0.05, 0.1) is 30.8 Å². The maximum Gasteiger partial charge on any atom is 0.305 e. The van der Waals surface area contributed by atoms with Crippen LogP contribution in [0.4, 0.5) is 0 Å². The Hall–Kier alpha value is -5.31. The largest absolute Gasteiger partial charge is 0.504 e. The van der Waals surface area contributed by atoms with E-state index in [9.17, 15) is 34.2 Å². The quantitative estimate of drug-likeness (QED) is 0.283. The van der Waals surface area contributed by atoms with Crippen molar-refractivity contribution in [2.75, 3.05) is 13.7 Å². The average molecular weight is 632 g/mol. The lowest BCUT2D eigenvalue weighted by atomic mass is 9.44. The summed E-state index contributed by atoms with van der Waals surface area (Å²) in [6.07, 6.45) is 3.41. The summed E-state index contributed by atoms with van der Waals surface area (Å²) < 4.78 is 5.48. The fourth-order valence-electron chi connectivity index (χ4n) is 8.62. The van der Waals surface area contributed by atoms with Gasteiger partial charge in [-0.3, -0.25) is 28.9 Å². The standard InChI is InChI=1S/C38H33NO8/c1-47-30-18-22(12-15-29(30)40)34-24-13-14-25-33(37(46)39(36(25)45)17-16-32(42)43)27(24)19-28-35(44)26(21-8-4-2-5-9-21)20-31(41)38(28,34)23-10-6-3-7-11-23/h2-13,15,18,20,25,27-28,33-34,40H,14,16-17,19H2,1H3,(H,42,43)/t25-,27+,28-,33-,34-,38-/m0/s1. The number of amides is 2. The summed E-state index contributed by atoms with van der Waals surface area (Å²) in [6, 6.07) is 23.1. The summed E-state index contributed by atoms with van der Waals surface area (Å²) in [4.78, 5) is 69.8. The number of rotatable bonds is 7. The van der Waals surface area contributed by atoms with Gasteiger partial charge in [0.15, 0.2) is 23.1 Å². The van der Waals surface area contributed by atoms with Gasteiger partial charge in [0.1, 0.15) is 0 Å². The van der Waals surface area contributed by atoms with Crippen molar-refractivity contribution in [1.82, 2.24) is 4.90 Å². The van der Waals surface area contributed by atoms with Gasteiger partial charge in [-0.15, -0.1) is 0 Å². The fourth-order valence-corrected chi connectivity index (χ4v) is 8.62. The molecular weight excluding hydrogens is 598 g/mol. The molecule has 1 saturated heterocycles. The second kappa shape index (κ2) is 11.5. The van der Waals surface area contributed by atoms with Crippen LogP contribution in [-0.2, 0) is 29.4 Å². The van der Waals surface area contributed by atoms with Crippen molar-refractivity contribution in [3.63, 3.8) is 0 Å². The molecule has 238 valence electrons. The Kier molecular flexibility index (Phi) is 7.42. The molecule has 3 aromatic rings. The number of benzene rings is 3. The van der Waals surface area contributed by atoms with Crippen molar-refractivity contribution >= 4 is 34.9 Å². The van der Waals surface area contributed by atoms with Gasteiger partial charge in [-0.2, -0.15) is 0 Å². The maximum atomic E-state index is 15.0. The number of imide groups is 1. The number of methoxy groups -OCH3 is 1. The molecular formula is C38H33NO8. The molecule has 1 saturated carbocycles. The number of carboxylic acids is 1. The van der Waals surface area contributed by atoms with Crippen LogP contribution in [0.2, 0.25) is 0 Å². The van der Waals surface area contributed by atoms with Crippen LogP contribution in [0.1, 0.15) is 41.9 Å². The number of carboxylic acid groups (broad SMARTS) is 1. The number of phenolic OH excluding ortho intramolecular Hbond substituents is 1. The highest BCUT2D eigenvalue weighted by molar-refractivity contribution is 6.31. The van der Waals surface area contributed by atoms with Gasteiger partial charge in [0.2, 0.25) is 11.8 Å². The van der Waals surface area contributed by atoms with E-state index in [0.29, 0.717) is 22.3 Å². The molecule has 4 aliphatic rings. The highest BCUT2D eigenvalue weighted by Crippen LogP contribution is 2.64. The van der Waals surface area contributed by atoms with Gasteiger partial charge in [-0.05, 0) is 53.7 Å². The predicted molar refractivity (Wildman–Crippen MR) is 170 cm³/mol. The first-order chi connectivity index (χ1) is 22.7. The van der Waals surface area contributed by atoms with E-state index in [1.807, 2.05) is 42.5 Å². The first-order valence-electron chi connectivity index (χ1n) is 15.7. The molecule has 47 heavy (non-hydrogen) atoms. The van der Waals surface area contributed by atoms with E-state index < -0.39 is 52.8 Å². The van der Waals surface area contributed by atoms with E-state index in [-0.39, 0.29) is 48.9 Å². The number of allylic oxidation sites excluding steroid dienone is 4. The summed E-state index contributed by atoms with van der Waals surface area (Å²) in [5, 5.41) is 19.8. The zero-order valence-corrected chi connectivity index (χ0v) is 25.7. The van der Waals surface area contributed by atoms with Gasteiger partial charge in [0, 0.05) is 24.0 Å². The second-order valence-electron chi connectivity index (χ2n) is 12.7. The number of aromatic hydroxyl groups is 1. The van der Waals surface area contributed by atoms with Crippen LogP contribution >= 0.6 is 0 Å². The number of carbonyl (C=O) groups is 5. The molecule has 6 atom stereocenters. The van der Waals surface area contributed by atoms with Crippen molar-refractivity contribution in [1.29, 1.82) is 0 Å². The van der Waals surface area contributed by atoms with Gasteiger partial charge >= 0.3 is 5.97 Å². The van der Waals surface area contributed by atoms with Crippen molar-refractivity contribution in [3.05, 3.63) is 113 Å². The van der Waals surface area contributed by atoms with E-state index in [0.717, 1.165) is 10.5 Å². The smallest absolute Gasteiger partial charge is 0.305 e. The summed E-state index contributed by atoms with van der Waals surface area (Å²) in [7, 11) is 1.43. The Bertz CT molecular complexity index is 1880. The highest BCUT2D eigenvalue weighted by Gasteiger charge is 2.65. The molecule has 3 aliphatic carbocycles. The Morgan fingerprint density at radius 1 is 0.936 bits per heavy atom. The molecule has 0 radical (unpaired) electrons. The van der Waals surface area contributed by atoms with Crippen LogP contribution in [0.25, 0.3) is 5.57 Å². The monoisotopic (exact) mass is 631 g/mol. The molecule has 2 N–H and O–H groups in total. The summed E-state index contributed by atoms with van der Waals surface area (Å²) in [5.41, 5.74) is 1.57. The number of aliphatic carboxylic acids is 1. The van der Waals surface area contributed by atoms with Gasteiger partial charge in [-0.1, -0.05) is 78.4 Å². The Balaban J connectivity index is 1.47. The lowest BCUT2D eigenvalue weighted by Crippen LogP contribution is -2.58. The minimum atomic E-state index is -1.40. The number of ether oxygens (including phenoxy) is 1. The number of nitrogens with zero attached hydrogens (tertiary/aromatic N) is 1. The van der Waals surface area contributed by atoms with Gasteiger partial charge in [0.25, 0.3) is 0 Å². The molecule has 3 aromatic carbocycles. The number of hydrogen-bond donors (Lipinski definition) is 2. The number of hydrogen-bond acceptors (Lipinski definition) is 7. The molecule has 1 aliphatic heterocycles. The molecule has 2 fully saturated rings. The molecule has 1 heterocycles. The first-order valence-corrected chi connectivity index (χ1v) is 15.7. The molecule has 7 rings (SSSR count). The van der Waals surface area contributed by atoms with E-state index in [2.05, 4.69) is 0 Å². The number of ketones is 2. The number of carbonyl (C=O) groups excluding carboxylic acids is 4. The van der Waals surface area contributed by atoms with E-state index in [1.165, 1.54) is 19.3 Å². The fraction of sp³-hybridized carbons (Fsp3) is 0.289. The summed E-state index contributed by atoms with van der Waals surface area (Å²) in [6.45, 7) is -0.226. The zero-order chi connectivity index (χ0) is 33.0.